The predicted molar refractivity (Wildman–Crippen MR) is 182 cm³/mol. The fourth-order valence-electron chi connectivity index (χ4n) is 6.62. The molecule has 0 radical (unpaired) electrons. The van der Waals surface area contributed by atoms with Gasteiger partial charge in [0.2, 0.25) is 0 Å². The van der Waals surface area contributed by atoms with Gasteiger partial charge >= 0.3 is 21.1 Å². The van der Waals surface area contributed by atoms with E-state index < -0.39 is 0 Å². The van der Waals surface area contributed by atoms with Crippen LogP contribution in [0.2, 0.25) is 0 Å². The van der Waals surface area contributed by atoms with Crippen LogP contribution in [0.4, 0.5) is 0 Å². The summed E-state index contributed by atoms with van der Waals surface area (Å²) in [5.74, 6) is 1.65. The number of aryl methyl sites for hydroxylation is 3. The van der Waals surface area contributed by atoms with Gasteiger partial charge in [0.1, 0.15) is 5.65 Å². The van der Waals surface area contributed by atoms with Crippen LogP contribution in [-0.4, -0.2) is 29.1 Å². The molecule has 0 saturated carbocycles. The normalized spacial score (nSPS) is 11.6. The summed E-state index contributed by atoms with van der Waals surface area (Å²) in [6.07, 6.45) is 1.82. The number of ether oxygens (including phenoxy) is 1. The summed E-state index contributed by atoms with van der Waals surface area (Å²) in [5.41, 5.74) is 8.60. The zero-order valence-electron chi connectivity index (χ0n) is 25.7. The smallest absolute Gasteiger partial charge is 0.477 e. The van der Waals surface area contributed by atoms with Crippen molar-refractivity contribution in [2.75, 3.05) is 0 Å². The maximum Gasteiger partial charge on any atom is 2.00 e. The molecular weight excluding hydrogens is 764 g/mol. The van der Waals surface area contributed by atoms with E-state index in [0.717, 1.165) is 77.5 Å². The SMILES string of the molecule is Cc1ccc2c(c1)c1c(C)nc(Oc3[c-]c(-n4c5ccccc5c5cccnc54)ccc3)[c-]c1c1nnc(-c3ccccc3C)n21.[Pt+2]. The number of aromatic nitrogens is 6. The molecule has 0 atom stereocenters. The first-order valence-corrected chi connectivity index (χ1v) is 15.2. The molecule has 0 fully saturated rings. The first-order chi connectivity index (χ1) is 22.5. The number of para-hydroxylation sites is 1. The first kappa shape index (κ1) is 29.0. The molecule has 0 saturated heterocycles. The van der Waals surface area contributed by atoms with E-state index in [-0.39, 0.29) is 21.1 Å². The van der Waals surface area contributed by atoms with Crippen molar-refractivity contribution in [3.8, 4) is 28.7 Å². The quantitative estimate of drug-likeness (QED) is 0.132. The third-order valence-electron chi connectivity index (χ3n) is 8.68. The second kappa shape index (κ2) is 11.1. The third-order valence-corrected chi connectivity index (χ3v) is 8.68. The Hall–Kier alpha value is -5.39. The molecular formula is C39H26N6OPt. The van der Waals surface area contributed by atoms with E-state index in [4.69, 9.17) is 24.9 Å². The average Bonchev–Trinajstić information content (AvgIpc) is 3.65. The molecule has 0 aliphatic heterocycles. The second-order valence-electron chi connectivity index (χ2n) is 11.6. The van der Waals surface area contributed by atoms with Crippen LogP contribution in [0.15, 0.2) is 103 Å². The van der Waals surface area contributed by atoms with Gasteiger partial charge in [0.25, 0.3) is 0 Å². The van der Waals surface area contributed by atoms with Gasteiger partial charge in [0.05, 0.1) is 11.2 Å². The van der Waals surface area contributed by atoms with Gasteiger partial charge in [-0.2, -0.15) is 11.2 Å². The summed E-state index contributed by atoms with van der Waals surface area (Å²) in [4.78, 5) is 9.59. The Morgan fingerprint density at radius 1 is 0.702 bits per heavy atom. The number of rotatable bonds is 4. The van der Waals surface area contributed by atoms with Crippen LogP contribution < -0.4 is 4.74 Å². The minimum Gasteiger partial charge on any atom is -0.477 e. The topological polar surface area (TPSA) is 70.1 Å². The number of hydrogen-bond acceptors (Lipinski definition) is 5. The zero-order valence-corrected chi connectivity index (χ0v) is 28.0. The van der Waals surface area contributed by atoms with E-state index >= 15 is 0 Å². The molecule has 9 rings (SSSR count). The van der Waals surface area contributed by atoms with Gasteiger partial charge in [-0.25, -0.2) is 9.97 Å². The molecule has 0 unspecified atom stereocenters. The number of hydrogen-bond donors (Lipinski definition) is 0. The molecule has 7 nitrogen and oxygen atoms in total. The summed E-state index contributed by atoms with van der Waals surface area (Å²) >= 11 is 0. The van der Waals surface area contributed by atoms with Crippen molar-refractivity contribution in [1.82, 2.24) is 29.1 Å². The molecule has 5 aromatic heterocycles. The van der Waals surface area contributed by atoms with Gasteiger partial charge in [-0.1, -0.05) is 71.2 Å². The van der Waals surface area contributed by atoms with Crippen molar-refractivity contribution < 1.29 is 25.8 Å². The van der Waals surface area contributed by atoms with Crippen LogP contribution in [0, 0.1) is 32.9 Å². The van der Waals surface area contributed by atoms with Gasteiger partial charge in [-0.05, 0) is 61.7 Å². The van der Waals surface area contributed by atoms with Gasteiger partial charge in [0, 0.05) is 33.8 Å². The Balaban J connectivity index is 0.00000324. The van der Waals surface area contributed by atoms with Crippen LogP contribution in [0.1, 0.15) is 16.8 Å². The average molecular weight is 790 g/mol. The Bertz CT molecular complexity index is 2620. The van der Waals surface area contributed by atoms with Crippen molar-refractivity contribution in [3.63, 3.8) is 0 Å². The van der Waals surface area contributed by atoms with Crippen molar-refractivity contribution in [3.05, 3.63) is 132 Å². The van der Waals surface area contributed by atoms with Crippen LogP contribution in [0.25, 0.3) is 66.3 Å². The van der Waals surface area contributed by atoms with Gasteiger partial charge in [-0.15, -0.1) is 34.8 Å². The van der Waals surface area contributed by atoms with E-state index in [1.54, 1.807) is 0 Å². The molecule has 0 amide bonds. The van der Waals surface area contributed by atoms with E-state index in [2.05, 4.69) is 83.5 Å². The zero-order chi connectivity index (χ0) is 30.9. The van der Waals surface area contributed by atoms with Crippen LogP contribution in [0.3, 0.4) is 0 Å². The third kappa shape index (κ3) is 4.53. The Kier molecular flexibility index (Phi) is 6.89. The maximum atomic E-state index is 6.41. The minimum atomic E-state index is 0. The number of benzene rings is 4. The predicted octanol–water partition coefficient (Wildman–Crippen LogP) is 8.91. The van der Waals surface area contributed by atoms with Crippen molar-refractivity contribution >= 4 is 49.3 Å². The monoisotopic (exact) mass is 789 g/mol. The number of pyridine rings is 3. The van der Waals surface area contributed by atoms with Crippen molar-refractivity contribution in [2.45, 2.75) is 20.8 Å². The molecule has 0 aliphatic carbocycles. The summed E-state index contributed by atoms with van der Waals surface area (Å²) in [5, 5.41) is 14.5. The summed E-state index contributed by atoms with van der Waals surface area (Å²) in [6, 6.07) is 39.8. The largest absolute Gasteiger partial charge is 2.00 e. The first-order valence-electron chi connectivity index (χ1n) is 15.2. The molecule has 4 aromatic carbocycles. The molecule has 228 valence electrons. The Morgan fingerprint density at radius 2 is 1.53 bits per heavy atom. The van der Waals surface area contributed by atoms with Crippen molar-refractivity contribution in [2.24, 2.45) is 0 Å². The van der Waals surface area contributed by atoms with E-state index in [1.165, 1.54) is 0 Å². The van der Waals surface area contributed by atoms with Crippen LogP contribution in [-0.2, 0) is 21.1 Å². The molecule has 9 aromatic rings. The molecule has 5 heterocycles. The van der Waals surface area contributed by atoms with Gasteiger partial charge in [0.15, 0.2) is 11.7 Å². The molecule has 0 N–H and O–H groups in total. The summed E-state index contributed by atoms with van der Waals surface area (Å²) in [6.45, 7) is 6.20. The standard InChI is InChI=1S/C39H26N6O.Pt/c1-23-17-18-34-31(20-23)36-25(3)41-35(22-32(36)39-43-42-38(45(34)39)28-13-5-4-10-24(28)2)46-27-12-8-11-26(21-27)44-33-16-7-6-14-29(33)30-15-9-19-40-37(30)44;/h4-20H,1-3H3;/q-2;+2. The Morgan fingerprint density at radius 3 is 2.43 bits per heavy atom. The van der Waals surface area contributed by atoms with E-state index in [1.807, 2.05) is 61.7 Å². The fourth-order valence-corrected chi connectivity index (χ4v) is 6.62. The molecule has 8 heteroatoms. The summed E-state index contributed by atoms with van der Waals surface area (Å²) in [7, 11) is 0. The minimum absolute atomic E-state index is 0. The molecule has 0 spiro atoms. The Labute approximate surface area is 284 Å². The molecule has 47 heavy (non-hydrogen) atoms. The van der Waals surface area contributed by atoms with E-state index in [0.29, 0.717) is 17.3 Å². The van der Waals surface area contributed by atoms with Crippen LogP contribution >= 0.6 is 0 Å². The molecule has 0 aliphatic rings. The van der Waals surface area contributed by atoms with Crippen LogP contribution in [0.5, 0.6) is 11.6 Å². The van der Waals surface area contributed by atoms with Gasteiger partial charge < -0.3 is 13.7 Å². The fraction of sp³-hybridized carbons (Fsp3) is 0.0769. The molecule has 0 bridgehead atoms. The number of fused-ring (bicyclic) bond motifs is 9. The number of nitrogens with zero attached hydrogens (tertiary/aromatic N) is 6. The summed E-state index contributed by atoms with van der Waals surface area (Å²) < 4.78 is 10.7. The van der Waals surface area contributed by atoms with Crippen molar-refractivity contribution in [1.29, 1.82) is 0 Å². The van der Waals surface area contributed by atoms with E-state index in [9.17, 15) is 0 Å². The maximum absolute atomic E-state index is 6.41. The second-order valence-corrected chi connectivity index (χ2v) is 11.6. The van der Waals surface area contributed by atoms with Gasteiger partial charge in [-0.3, -0.25) is 0 Å².